The molecule has 5 nitrogen and oxygen atoms in total. The minimum atomic E-state index is 0.865. The fraction of sp³-hybridized carbons (Fsp3) is 0.444. The van der Waals surface area contributed by atoms with Gasteiger partial charge in [-0.05, 0) is 26.0 Å². The Hall–Kier alpha value is -1.76. The van der Waals surface area contributed by atoms with Crippen LogP contribution in [0.1, 0.15) is 21.3 Å². The summed E-state index contributed by atoms with van der Waals surface area (Å²) in [4.78, 5) is 10.9. The standard InChI is InChI=1S/C18H22N4OS/c1-13-18(24-14(2)19-13)12-22-9-7-21(8-10-22)11-16-15-5-3-4-6-17(15)23-20-16/h3-6H,7-12H2,1-2H3. The average molecular weight is 342 g/mol. The summed E-state index contributed by atoms with van der Waals surface area (Å²) in [5.41, 5.74) is 3.11. The van der Waals surface area contributed by atoms with Gasteiger partial charge in [0, 0.05) is 49.5 Å². The first-order chi connectivity index (χ1) is 11.7. The van der Waals surface area contributed by atoms with Crippen LogP contribution < -0.4 is 0 Å². The average Bonchev–Trinajstić information content (AvgIpc) is 3.13. The van der Waals surface area contributed by atoms with Gasteiger partial charge in [-0.3, -0.25) is 9.80 Å². The summed E-state index contributed by atoms with van der Waals surface area (Å²) in [6.07, 6.45) is 0. The molecule has 0 saturated carbocycles. The molecule has 126 valence electrons. The number of piperazine rings is 1. The van der Waals surface area contributed by atoms with E-state index in [1.807, 2.05) is 29.5 Å². The van der Waals surface area contributed by atoms with Gasteiger partial charge in [0.25, 0.3) is 0 Å². The molecule has 0 aliphatic carbocycles. The van der Waals surface area contributed by atoms with Crippen LogP contribution in [0.4, 0.5) is 0 Å². The van der Waals surface area contributed by atoms with Crippen LogP contribution in [0.25, 0.3) is 11.0 Å². The van der Waals surface area contributed by atoms with Crippen molar-refractivity contribution in [3.05, 3.63) is 45.5 Å². The lowest BCUT2D eigenvalue weighted by molar-refractivity contribution is 0.121. The zero-order valence-corrected chi connectivity index (χ0v) is 15.0. The lowest BCUT2D eigenvalue weighted by Crippen LogP contribution is -2.45. The van der Waals surface area contributed by atoms with E-state index in [0.717, 1.165) is 55.9 Å². The van der Waals surface area contributed by atoms with E-state index in [2.05, 4.69) is 39.9 Å². The second kappa shape index (κ2) is 6.63. The van der Waals surface area contributed by atoms with Gasteiger partial charge in [-0.25, -0.2) is 4.98 Å². The molecule has 4 rings (SSSR count). The molecule has 6 heteroatoms. The molecule has 0 N–H and O–H groups in total. The van der Waals surface area contributed by atoms with Crippen molar-refractivity contribution in [3.63, 3.8) is 0 Å². The molecule has 1 fully saturated rings. The smallest absolute Gasteiger partial charge is 0.167 e. The van der Waals surface area contributed by atoms with Crippen LogP contribution >= 0.6 is 11.3 Å². The summed E-state index contributed by atoms with van der Waals surface area (Å²) in [5, 5.41) is 6.55. The highest BCUT2D eigenvalue weighted by atomic mass is 32.1. The molecule has 0 atom stereocenters. The quantitative estimate of drug-likeness (QED) is 0.728. The van der Waals surface area contributed by atoms with E-state index in [-0.39, 0.29) is 0 Å². The Morgan fingerprint density at radius 3 is 2.46 bits per heavy atom. The van der Waals surface area contributed by atoms with E-state index in [4.69, 9.17) is 4.52 Å². The molecule has 2 aromatic heterocycles. The Balaban J connectivity index is 1.35. The number of hydrogen-bond acceptors (Lipinski definition) is 6. The van der Waals surface area contributed by atoms with Crippen molar-refractivity contribution in [2.24, 2.45) is 0 Å². The molecular weight excluding hydrogens is 320 g/mol. The largest absolute Gasteiger partial charge is 0.356 e. The summed E-state index contributed by atoms with van der Waals surface area (Å²) in [6, 6.07) is 8.09. The molecule has 1 aliphatic rings. The van der Waals surface area contributed by atoms with Crippen molar-refractivity contribution in [1.29, 1.82) is 0 Å². The lowest BCUT2D eigenvalue weighted by Gasteiger charge is -2.34. The first kappa shape index (κ1) is 15.7. The maximum absolute atomic E-state index is 5.41. The van der Waals surface area contributed by atoms with Crippen molar-refractivity contribution >= 4 is 22.3 Å². The van der Waals surface area contributed by atoms with E-state index in [9.17, 15) is 0 Å². The number of aryl methyl sites for hydroxylation is 2. The predicted octanol–water partition coefficient (Wildman–Crippen LogP) is 3.22. The van der Waals surface area contributed by atoms with Gasteiger partial charge in [0.15, 0.2) is 5.58 Å². The van der Waals surface area contributed by atoms with Crippen molar-refractivity contribution in [2.75, 3.05) is 26.2 Å². The third-order valence-corrected chi connectivity index (χ3v) is 5.71. The third-order valence-electron chi connectivity index (χ3n) is 4.66. The van der Waals surface area contributed by atoms with E-state index in [1.165, 1.54) is 15.6 Å². The van der Waals surface area contributed by atoms with E-state index < -0.39 is 0 Å². The van der Waals surface area contributed by atoms with Gasteiger partial charge >= 0.3 is 0 Å². The fourth-order valence-electron chi connectivity index (χ4n) is 3.29. The van der Waals surface area contributed by atoms with Crippen LogP contribution in [-0.4, -0.2) is 46.1 Å². The second-order valence-corrected chi connectivity index (χ2v) is 7.71. The highest BCUT2D eigenvalue weighted by Gasteiger charge is 2.20. The maximum atomic E-state index is 5.41. The molecule has 0 spiro atoms. The predicted molar refractivity (Wildman–Crippen MR) is 96.2 cm³/mol. The van der Waals surface area contributed by atoms with Crippen LogP contribution in [-0.2, 0) is 13.1 Å². The van der Waals surface area contributed by atoms with E-state index >= 15 is 0 Å². The number of nitrogens with zero attached hydrogens (tertiary/aromatic N) is 4. The van der Waals surface area contributed by atoms with Crippen molar-refractivity contribution in [1.82, 2.24) is 19.9 Å². The molecule has 0 amide bonds. The van der Waals surface area contributed by atoms with Gasteiger partial charge in [0.1, 0.15) is 5.69 Å². The van der Waals surface area contributed by atoms with Crippen molar-refractivity contribution in [2.45, 2.75) is 26.9 Å². The first-order valence-corrected chi connectivity index (χ1v) is 9.21. The number of rotatable bonds is 4. The molecule has 1 aliphatic heterocycles. The molecule has 1 saturated heterocycles. The number of thiazole rings is 1. The third kappa shape index (κ3) is 3.22. The lowest BCUT2D eigenvalue weighted by atomic mass is 10.2. The number of fused-ring (bicyclic) bond motifs is 1. The second-order valence-electron chi connectivity index (χ2n) is 6.42. The Bertz CT molecular complexity index is 833. The van der Waals surface area contributed by atoms with Gasteiger partial charge < -0.3 is 4.52 Å². The Morgan fingerprint density at radius 2 is 1.75 bits per heavy atom. The van der Waals surface area contributed by atoms with E-state index in [1.54, 1.807) is 0 Å². The number of hydrogen-bond donors (Lipinski definition) is 0. The van der Waals surface area contributed by atoms with E-state index in [0.29, 0.717) is 0 Å². The zero-order valence-electron chi connectivity index (χ0n) is 14.2. The minimum Gasteiger partial charge on any atom is -0.356 e. The van der Waals surface area contributed by atoms with Gasteiger partial charge in [-0.1, -0.05) is 17.3 Å². The summed E-state index contributed by atoms with van der Waals surface area (Å²) in [7, 11) is 0. The van der Waals surface area contributed by atoms with Crippen LogP contribution in [0.3, 0.4) is 0 Å². The molecule has 1 aromatic carbocycles. The summed E-state index contributed by atoms with van der Waals surface area (Å²) >= 11 is 1.83. The number of para-hydroxylation sites is 1. The van der Waals surface area contributed by atoms with Gasteiger partial charge in [-0.2, -0.15) is 0 Å². The number of aromatic nitrogens is 2. The molecule has 3 heterocycles. The highest BCUT2D eigenvalue weighted by molar-refractivity contribution is 7.11. The van der Waals surface area contributed by atoms with Gasteiger partial charge in [0.05, 0.1) is 10.7 Å². The molecule has 0 radical (unpaired) electrons. The monoisotopic (exact) mass is 342 g/mol. The zero-order chi connectivity index (χ0) is 16.5. The van der Waals surface area contributed by atoms with Crippen molar-refractivity contribution < 1.29 is 4.52 Å². The van der Waals surface area contributed by atoms with Crippen LogP contribution in [0.15, 0.2) is 28.8 Å². The van der Waals surface area contributed by atoms with Crippen LogP contribution in [0.2, 0.25) is 0 Å². The summed E-state index contributed by atoms with van der Waals surface area (Å²) in [5.74, 6) is 0. The van der Waals surface area contributed by atoms with Gasteiger partial charge in [0.2, 0.25) is 0 Å². The van der Waals surface area contributed by atoms with Crippen LogP contribution in [0, 0.1) is 13.8 Å². The molecule has 3 aromatic rings. The molecular formula is C18H22N4OS. The van der Waals surface area contributed by atoms with Crippen molar-refractivity contribution in [3.8, 4) is 0 Å². The summed E-state index contributed by atoms with van der Waals surface area (Å²) < 4.78 is 5.41. The van der Waals surface area contributed by atoms with Gasteiger partial charge in [-0.15, -0.1) is 11.3 Å². The SMILES string of the molecule is Cc1nc(C)c(CN2CCN(Cc3noc4ccccc34)CC2)s1. The highest BCUT2D eigenvalue weighted by Crippen LogP contribution is 2.22. The Morgan fingerprint density at radius 1 is 1.04 bits per heavy atom. The topological polar surface area (TPSA) is 45.4 Å². The Kier molecular flexibility index (Phi) is 4.35. The first-order valence-electron chi connectivity index (χ1n) is 8.40. The normalized spacial score (nSPS) is 16.9. The maximum Gasteiger partial charge on any atom is 0.167 e. The molecule has 0 unspecified atom stereocenters. The molecule has 24 heavy (non-hydrogen) atoms. The fourth-order valence-corrected chi connectivity index (χ4v) is 4.27. The summed E-state index contributed by atoms with van der Waals surface area (Å²) in [6.45, 7) is 10.4. The van der Waals surface area contributed by atoms with Crippen LogP contribution in [0.5, 0.6) is 0 Å². The molecule has 0 bridgehead atoms. The Labute approximate surface area is 145 Å². The number of benzene rings is 1. The minimum absolute atomic E-state index is 0.865.